The van der Waals surface area contributed by atoms with Crippen molar-refractivity contribution in [3.05, 3.63) is 64.2 Å². The van der Waals surface area contributed by atoms with Gasteiger partial charge in [-0.1, -0.05) is 49.2 Å². The van der Waals surface area contributed by atoms with Crippen LogP contribution < -0.4 is 10.3 Å². The molecule has 1 aliphatic heterocycles. The summed E-state index contributed by atoms with van der Waals surface area (Å²) in [6, 6.07) is 10.7. The minimum Gasteiger partial charge on any atom is -0.274 e. The summed E-state index contributed by atoms with van der Waals surface area (Å²) in [6.07, 6.45) is 0.848. The van der Waals surface area contributed by atoms with E-state index in [4.69, 9.17) is 11.6 Å². The number of hydrogen-bond acceptors (Lipinski definition) is 4. The summed E-state index contributed by atoms with van der Waals surface area (Å²) in [6.45, 7) is 7.37. The van der Waals surface area contributed by atoms with Gasteiger partial charge in [-0.2, -0.15) is 0 Å². The van der Waals surface area contributed by atoms with Gasteiger partial charge in [-0.3, -0.25) is 24.6 Å². The molecule has 1 unspecified atom stereocenters. The second-order valence-electron chi connectivity index (χ2n) is 8.25. The Labute approximate surface area is 198 Å². The molecular formula is C25H28ClN3O4. The van der Waals surface area contributed by atoms with E-state index in [1.807, 2.05) is 26.8 Å². The topological polar surface area (TPSA) is 86.8 Å². The van der Waals surface area contributed by atoms with Crippen molar-refractivity contribution < 1.29 is 19.2 Å². The lowest BCUT2D eigenvalue weighted by atomic mass is 10.0. The van der Waals surface area contributed by atoms with Crippen LogP contribution in [0.4, 0.5) is 5.69 Å². The van der Waals surface area contributed by atoms with Crippen LogP contribution in [-0.4, -0.2) is 34.7 Å². The highest BCUT2D eigenvalue weighted by Gasteiger charge is 2.46. The fraction of sp³-hybridized carbons (Fsp3) is 0.360. The molecule has 4 amide bonds. The van der Waals surface area contributed by atoms with Gasteiger partial charge >= 0.3 is 0 Å². The summed E-state index contributed by atoms with van der Waals surface area (Å²) >= 11 is 6.10. The lowest BCUT2D eigenvalue weighted by Gasteiger charge is -2.30. The van der Waals surface area contributed by atoms with Crippen LogP contribution in [0.1, 0.15) is 54.6 Å². The molecule has 1 saturated heterocycles. The molecule has 3 rings (SSSR count). The van der Waals surface area contributed by atoms with Crippen LogP contribution in [0.15, 0.2) is 42.5 Å². The highest BCUT2D eigenvalue weighted by atomic mass is 35.5. The molecule has 0 aliphatic carbocycles. The van der Waals surface area contributed by atoms with Gasteiger partial charge in [0.15, 0.2) is 0 Å². The Kier molecular flexibility index (Phi) is 7.53. The monoisotopic (exact) mass is 469 g/mol. The maximum absolute atomic E-state index is 13.4. The number of imide groups is 1. The maximum Gasteiger partial charge on any atom is 0.269 e. The largest absolute Gasteiger partial charge is 0.274 e. The predicted octanol–water partition coefficient (Wildman–Crippen LogP) is 4.20. The molecular weight excluding hydrogens is 442 g/mol. The van der Waals surface area contributed by atoms with Gasteiger partial charge in [-0.25, -0.2) is 9.91 Å². The summed E-state index contributed by atoms with van der Waals surface area (Å²) in [7, 11) is 0. The molecule has 174 valence electrons. The van der Waals surface area contributed by atoms with E-state index in [1.54, 1.807) is 43.3 Å². The molecule has 2 aromatic rings. The van der Waals surface area contributed by atoms with Crippen molar-refractivity contribution in [1.29, 1.82) is 0 Å². The molecule has 1 N–H and O–H groups in total. The highest BCUT2D eigenvalue weighted by Crippen LogP contribution is 2.31. The number of halogens is 1. The van der Waals surface area contributed by atoms with Crippen LogP contribution in [0, 0.1) is 19.8 Å². The summed E-state index contributed by atoms with van der Waals surface area (Å²) < 4.78 is 0. The van der Waals surface area contributed by atoms with Crippen molar-refractivity contribution in [3.8, 4) is 0 Å². The Morgan fingerprint density at radius 1 is 1.12 bits per heavy atom. The van der Waals surface area contributed by atoms with Gasteiger partial charge in [0.2, 0.25) is 11.8 Å². The lowest BCUT2D eigenvalue weighted by molar-refractivity contribution is -0.145. The molecule has 1 atom stereocenters. The Bertz CT molecular complexity index is 1100. The van der Waals surface area contributed by atoms with E-state index in [1.165, 1.54) is 0 Å². The fourth-order valence-electron chi connectivity index (χ4n) is 3.98. The first-order valence-electron chi connectivity index (χ1n) is 11.0. The normalized spacial score (nSPS) is 15.8. The van der Waals surface area contributed by atoms with Crippen molar-refractivity contribution in [2.75, 3.05) is 4.90 Å². The minimum absolute atomic E-state index is 0.231. The molecule has 0 bridgehead atoms. The van der Waals surface area contributed by atoms with Crippen LogP contribution in [0.3, 0.4) is 0 Å². The third-order valence-electron chi connectivity index (χ3n) is 5.92. The van der Waals surface area contributed by atoms with E-state index in [-0.39, 0.29) is 6.42 Å². The van der Waals surface area contributed by atoms with Crippen LogP contribution in [-0.2, 0) is 14.4 Å². The average Bonchev–Trinajstić information content (AvgIpc) is 3.07. The number of nitrogens with zero attached hydrogens (tertiary/aromatic N) is 2. The fourth-order valence-corrected chi connectivity index (χ4v) is 4.14. The Balaban J connectivity index is 1.97. The van der Waals surface area contributed by atoms with Gasteiger partial charge in [0.1, 0.15) is 6.04 Å². The van der Waals surface area contributed by atoms with Crippen LogP contribution in [0.25, 0.3) is 0 Å². The molecule has 1 heterocycles. The number of amides is 4. The number of aryl methyl sites for hydroxylation is 2. The summed E-state index contributed by atoms with van der Waals surface area (Å²) in [5.41, 5.74) is 4.93. The zero-order chi connectivity index (χ0) is 24.3. The highest BCUT2D eigenvalue weighted by molar-refractivity contribution is 6.31. The molecule has 0 spiro atoms. The second kappa shape index (κ2) is 10.2. The number of anilines is 1. The molecule has 8 heteroatoms. The maximum atomic E-state index is 13.4. The number of hydrazine groups is 1. The summed E-state index contributed by atoms with van der Waals surface area (Å²) in [4.78, 5) is 53.7. The van der Waals surface area contributed by atoms with Crippen LogP contribution in [0.2, 0.25) is 5.02 Å². The Morgan fingerprint density at radius 3 is 2.45 bits per heavy atom. The summed E-state index contributed by atoms with van der Waals surface area (Å²) in [5, 5.41) is 1.44. The van der Waals surface area contributed by atoms with Gasteiger partial charge in [0.05, 0.1) is 12.1 Å². The number of rotatable bonds is 6. The van der Waals surface area contributed by atoms with E-state index in [2.05, 4.69) is 5.43 Å². The standard InChI is InChI=1S/C25H28ClN3O4/c1-5-17(6-2)24(32)29(27-23(31)18-9-7-8-15(3)12-18)21-14-22(30)28(25(21)33)20-13-19(26)11-10-16(20)4/h7-13,17,21H,5-6,14H2,1-4H3,(H,27,31). The molecule has 0 saturated carbocycles. The van der Waals surface area contributed by atoms with E-state index < -0.39 is 35.6 Å². The van der Waals surface area contributed by atoms with Crippen molar-refractivity contribution in [2.24, 2.45) is 5.92 Å². The van der Waals surface area contributed by atoms with Gasteiger partial charge < -0.3 is 0 Å². The minimum atomic E-state index is -1.14. The third kappa shape index (κ3) is 5.09. The number of carbonyl (C=O) groups excluding carboxylic acids is 4. The zero-order valence-electron chi connectivity index (χ0n) is 19.2. The van der Waals surface area contributed by atoms with Crippen molar-refractivity contribution in [1.82, 2.24) is 10.4 Å². The van der Waals surface area contributed by atoms with E-state index in [9.17, 15) is 19.2 Å². The summed E-state index contributed by atoms with van der Waals surface area (Å²) in [5.74, 6) is -2.34. The molecule has 2 aromatic carbocycles. The Morgan fingerprint density at radius 2 is 1.82 bits per heavy atom. The molecule has 7 nitrogen and oxygen atoms in total. The molecule has 1 aliphatic rings. The van der Waals surface area contributed by atoms with E-state index >= 15 is 0 Å². The molecule has 33 heavy (non-hydrogen) atoms. The Hall–Kier alpha value is -3.19. The third-order valence-corrected chi connectivity index (χ3v) is 6.16. The van der Waals surface area contributed by atoms with Crippen molar-refractivity contribution in [2.45, 2.75) is 53.0 Å². The first-order valence-corrected chi connectivity index (χ1v) is 11.4. The van der Waals surface area contributed by atoms with Gasteiger partial charge in [-0.15, -0.1) is 0 Å². The molecule has 1 fully saturated rings. The van der Waals surface area contributed by atoms with Crippen molar-refractivity contribution >= 4 is 40.9 Å². The number of benzene rings is 2. The van der Waals surface area contributed by atoms with Gasteiger partial charge in [0, 0.05) is 16.5 Å². The number of nitrogens with one attached hydrogen (secondary N) is 1. The van der Waals surface area contributed by atoms with E-state index in [0.29, 0.717) is 34.7 Å². The van der Waals surface area contributed by atoms with E-state index in [0.717, 1.165) is 15.5 Å². The molecule has 0 radical (unpaired) electrons. The average molecular weight is 470 g/mol. The SMILES string of the molecule is CCC(CC)C(=O)N(NC(=O)c1cccc(C)c1)C1CC(=O)N(c2cc(Cl)ccc2C)C1=O. The smallest absolute Gasteiger partial charge is 0.269 e. The van der Waals surface area contributed by atoms with Crippen molar-refractivity contribution in [3.63, 3.8) is 0 Å². The second-order valence-corrected chi connectivity index (χ2v) is 8.69. The molecule has 0 aromatic heterocycles. The first-order chi connectivity index (χ1) is 15.7. The van der Waals surface area contributed by atoms with Crippen LogP contribution >= 0.6 is 11.6 Å². The quantitative estimate of drug-likeness (QED) is 0.507. The zero-order valence-corrected chi connectivity index (χ0v) is 20.0. The number of carbonyl (C=O) groups is 4. The lowest BCUT2D eigenvalue weighted by Crippen LogP contribution is -2.56. The van der Waals surface area contributed by atoms with Gasteiger partial charge in [-0.05, 0) is 56.5 Å². The number of hydrogen-bond donors (Lipinski definition) is 1. The van der Waals surface area contributed by atoms with Crippen LogP contribution in [0.5, 0.6) is 0 Å². The predicted molar refractivity (Wildman–Crippen MR) is 127 cm³/mol. The van der Waals surface area contributed by atoms with Gasteiger partial charge in [0.25, 0.3) is 11.8 Å². The first kappa shape index (κ1) is 24.5.